The number of amidine groups is 1. The third-order valence-electron chi connectivity index (χ3n) is 3.54. The Kier molecular flexibility index (Phi) is 5.18. The molecular formula is C15H21N3O3S. The molecule has 0 unspecified atom stereocenters. The molecule has 0 radical (unpaired) electrons. The molecule has 1 aliphatic heterocycles. The van der Waals surface area contributed by atoms with Gasteiger partial charge in [0.15, 0.2) is 0 Å². The van der Waals surface area contributed by atoms with Crippen LogP contribution in [0.4, 0.5) is 5.69 Å². The third-order valence-corrected chi connectivity index (χ3v) is 4.91. The van der Waals surface area contributed by atoms with Gasteiger partial charge in [-0.05, 0) is 50.5 Å². The van der Waals surface area contributed by atoms with E-state index in [1.165, 1.54) is 25.5 Å². The van der Waals surface area contributed by atoms with E-state index in [1.807, 2.05) is 4.90 Å². The van der Waals surface area contributed by atoms with Crippen LogP contribution in [0.25, 0.3) is 0 Å². The number of hydrogen-bond acceptors (Lipinski definition) is 3. The Morgan fingerprint density at radius 2 is 1.68 bits per heavy atom. The molecule has 120 valence electrons. The molecule has 22 heavy (non-hydrogen) atoms. The van der Waals surface area contributed by atoms with Crippen molar-refractivity contribution in [2.24, 2.45) is 4.40 Å². The van der Waals surface area contributed by atoms with Crippen LogP contribution in [0.2, 0.25) is 0 Å². The number of sulfonamides is 1. The molecule has 0 saturated carbocycles. The minimum absolute atomic E-state index is 0.123. The van der Waals surface area contributed by atoms with E-state index in [0.717, 1.165) is 25.9 Å². The molecule has 1 N–H and O–H groups in total. The molecule has 1 fully saturated rings. The Morgan fingerprint density at radius 1 is 1.09 bits per heavy atom. The molecular weight excluding hydrogens is 302 g/mol. The lowest BCUT2D eigenvalue weighted by Crippen LogP contribution is -2.34. The largest absolute Gasteiger partial charge is 0.360 e. The topological polar surface area (TPSA) is 78.8 Å². The second-order valence-electron chi connectivity index (χ2n) is 5.37. The van der Waals surface area contributed by atoms with Crippen molar-refractivity contribution in [3.63, 3.8) is 0 Å². The summed E-state index contributed by atoms with van der Waals surface area (Å²) in [4.78, 5) is 13.1. The van der Waals surface area contributed by atoms with E-state index in [1.54, 1.807) is 19.1 Å². The van der Waals surface area contributed by atoms with Gasteiger partial charge in [0.2, 0.25) is 5.91 Å². The fourth-order valence-electron chi connectivity index (χ4n) is 2.42. The quantitative estimate of drug-likeness (QED) is 0.683. The van der Waals surface area contributed by atoms with E-state index in [9.17, 15) is 13.2 Å². The fourth-order valence-corrected chi connectivity index (χ4v) is 3.46. The van der Waals surface area contributed by atoms with Crippen LogP contribution in [0.3, 0.4) is 0 Å². The lowest BCUT2D eigenvalue weighted by molar-refractivity contribution is -0.114. The van der Waals surface area contributed by atoms with Crippen LogP contribution in [0.1, 0.15) is 33.1 Å². The lowest BCUT2D eigenvalue weighted by Gasteiger charge is -2.27. The van der Waals surface area contributed by atoms with Crippen molar-refractivity contribution < 1.29 is 13.2 Å². The second kappa shape index (κ2) is 6.91. The standard InChI is InChI=1S/C15H21N3O3S/c1-12(18-10-4-3-5-11-18)17-22(20,21)15-8-6-14(7-9-15)16-13(2)19/h6-9H,3-5,10-11H2,1-2H3,(H,16,19)/b17-12-. The molecule has 1 aliphatic rings. The van der Waals surface area contributed by atoms with E-state index < -0.39 is 10.0 Å². The number of carbonyl (C=O) groups is 1. The van der Waals surface area contributed by atoms with Crippen LogP contribution in [0.15, 0.2) is 33.6 Å². The van der Waals surface area contributed by atoms with Crippen molar-refractivity contribution in [2.75, 3.05) is 18.4 Å². The van der Waals surface area contributed by atoms with E-state index in [0.29, 0.717) is 11.5 Å². The second-order valence-corrected chi connectivity index (χ2v) is 6.97. The summed E-state index contributed by atoms with van der Waals surface area (Å²) < 4.78 is 28.6. The number of anilines is 1. The first-order chi connectivity index (χ1) is 10.4. The number of amides is 1. The van der Waals surface area contributed by atoms with Crippen LogP contribution in [-0.2, 0) is 14.8 Å². The number of likely N-dealkylation sites (tertiary alicyclic amines) is 1. The summed E-state index contributed by atoms with van der Waals surface area (Å²) in [7, 11) is -3.72. The van der Waals surface area contributed by atoms with Crippen molar-refractivity contribution in [2.45, 2.75) is 38.0 Å². The Labute approximate surface area is 131 Å². The van der Waals surface area contributed by atoms with Crippen LogP contribution >= 0.6 is 0 Å². The van der Waals surface area contributed by atoms with Crippen molar-refractivity contribution in [1.82, 2.24) is 4.90 Å². The highest BCUT2D eigenvalue weighted by atomic mass is 32.2. The van der Waals surface area contributed by atoms with Gasteiger partial charge in [-0.3, -0.25) is 4.79 Å². The van der Waals surface area contributed by atoms with Gasteiger partial charge in [-0.1, -0.05) is 0 Å². The number of hydrogen-bond donors (Lipinski definition) is 1. The Balaban J connectivity index is 2.16. The smallest absolute Gasteiger partial charge is 0.283 e. The molecule has 1 saturated heterocycles. The summed E-state index contributed by atoms with van der Waals surface area (Å²) in [5.41, 5.74) is 0.559. The van der Waals surface area contributed by atoms with Gasteiger partial charge >= 0.3 is 0 Å². The van der Waals surface area contributed by atoms with Crippen molar-refractivity contribution >= 4 is 27.5 Å². The zero-order valence-electron chi connectivity index (χ0n) is 12.9. The molecule has 1 aromatic carbocycles. The number of nitrogens with zero attached hydrogens (tertiary/aromatic N) is 2. The predicted molar refractivity (Wildman–Crippen MR) is 86.5 cm³/mol. The molecule has 0 spiro atoms. The van der Waals surface area contributed by atoms with Crippen LogP contribution in [0.5, 0.6) is 0 Å². The van der Waals surface area contributed by atoms with Gasteiger partial charge in [0.05, 0.1) is 4.90 Å². The highest BCUT2D eigenvalue weighted by Crippen LogP contribution is 2.17. The highest BCUT2D eigenvalue weighted by Gasteiger charge is 2.17. The maximum Gasteiger partial charge on any atom is 0.283 e. The summed E-state index contributed by atoms with van der Waals surface area (Å²) >= 11 is 0. The zero-order chi connectivity index (χ0) is 16.2. The summed E-state index contributed by atoms with van der Waals surface area (Å²) in [6.07, 6.45) is 3.32. The predicted octanol–water partition coefficient (Wildman–Crippen LogP) is 2.24. The molecule has 0 atom stereocenters. The summed E-state index contributed by atoms with van der Waals surface area (Å²) in [6, 6.07) is 6.02. The number of benzene rings is 1. The normalized spacial score (nSPS) is 16.5. The van der Waals surface area contributed by atoms with Gasteiger partial charge in [-0.2, -0.15) is 8.42 Å². The maximum absolute atomic E-state index is 12.3. The van der Waals surface area contributed by atoms with Crippen molar-refractivity contribution in [1.29, 1.82) is 0 Å². The first kappa shape index (κ1) is 16.5. The fraction of sp³-hybridized carbons (Fsp3) is 0.467. The summed E-state index contributed by atoms with van der Waals surface area (Å²) in [6.45, 7) is 4.84. The van der Waals surface area contributed by atoms with Gasteiger partial charge < -0.3 is 10.2 Å². The Morgan fingerprint density at radius 3 is 2.23 bits per heavy atom. The first-order valence-corrected chi connectivity index (χ1v) is 8.77. The molecule has 0 aromatic heterocycles. The molecule has 0 bridgehead atoms. The molecule has 7 heteroatoms. The molecule has 1 heterocycles. The van der Waals surface area contributed by atoms with Crippen molar-refractivity contribution in [3.8, 4) is 0 Å². The molecule has 6 nitrogen and oxygen atoms in total. The number of rotatable bonds is 3. The summed E-state index contributed by atoms with van der Waals surface area (Å²) in [5.74, 6) is 0.334. The van der Waals surface area contributed by atoms with Gasteiger partial charge in [-0.15, -0.1) is 4.40 Å². The molecule has 1 aromatic rings. The van der Waals surface area contributed by atoms with Gasteiger partial charge in [-0.25, -0.2) is 0 Å². The van der Waals surface area contributed by atoms with E-state index in [4.69, 9.17) is 0 Å². The number of piperidine rings is 1. The number of nitrogens with one attached hydrogen (secondary N) is 1. The van der Waals surface area contributed by atoms with Gasteiger partial charge in [0, 0.05) is 25.7 Å². The van der Waals surface area contributed by atoms with E-state index in [2.05, 4.69) is 9.71 Å². The van der Waals surface area contributed by atoms with Gasteiger partial charge in [0.25, 0.3) is 10.0 Å². The zero-order valence-corrected chi connectivity index (χ0v) is 13.7. The van der Waals surface area contributed by atoms with E-state index >= 15 is 0 Å². The molecule has 2 rings (SSSR count). The third kappa shape index (κ3) is 4.30. The summed E-state index contributed by atoms with van der Waals surface area (Å²) in [5, 5.41) is 2.60. The van der Waals surface area contributed by atoms with Crippen molar-refractivity contribution in [3.05, 3.63) is 24.3 Å². The molecule has 1 amide bonds. The highest BCUT2D eigenvalue weighted by molar-refractivity contribution is 7.90. The van der Waals surface area contributed by atoms with Crippen LogP contribution in [-0.4, -0.2) is 38.2 Å². The SMILES string of the molecule is CC(=O)Nc1ccc(S(=O)(=O)/N=C(/C)N2CCCCC2)cc1. The monoisotopic (exact) mass is 323 g/mol. The first-order valence-electron chi connectivity index (χ1n) is 7.33. The maximum atomic E-state index is 12.3. The lowest BCUT2D eigenvalue weighted by atomic mass is 10.1. The Bertz CT molecular complexity index is 660. The van der Waals surface area contributed by atoms with Gasteiger partial charge in [0.1, 0.15) is 5.84 Å². The minimum atomic E-state index is -3.72. The number of carbonyl (C=O) groups excluding carboxylic acids is 1. The minimum Gasteiger partial charge on any atom is -0.360 e. The van der Waals surface area contributed by atoms with Crippen LogP contribution in [0, 0.1) is 0 Å². The van der Waals surface area contributed by atoms with E-state index in [-0.39, 0.29) is 10.8 Å². The average Bonchev–Trinajstić information content (AvgIpc) is 2.47. The van der Waals surface area contributed by atoms with Crippen LogP contribution < -0.4 is 5.32 Å². The average molecular weight is 323 g/mol. The molecule has 0 aliphatic carbocycles. The Hall–Kier alpha value is -1.89.